The Morgan fingerprint density at radius 1 is 0.360 bits per heavy atom. The molecule has 0 fully saturated rings. The van der Waals surface area contributed by atoms with Gasteiger partial charge in [-0.05, 0) is 0 Å². The topological polar surface area (TPSA) is 316 Å². The summed E-state index contributed by atoms with van der Waals surface area (Å²) in [6.07, 6.45) is 0. The van der Waals surface area contributed by atoms with Crippen molar-refractivity contribution in [3.63, 3.8) is 0 Å². The van der Waals surface area contributed by atoms with E-state index in [4.69, 9.17) is 70.3 Å². The van der Waals surface area contributed by atoms with Gasteiger partial charge in [-0.15, -0.1) is 0 Å². The van der Waals surface area contributed by atoms with Gasteiger partial charge in [0, 0.05) is 45.9 Å². The zero-order valence-corrected chi connectivity index (χ0v) is 22.9. The second-order valence-electron chi connectivity index (χ2n) is 1.25. The maximum atomic E-state index is 8.52. The van der Waals surface area contributed by atoms with E-state index in [1.165, 1.54) is 0 Å². The maximum absolute atomic E-state index is 8.52. The predicted octanol–water partition coefficient (Wildman–Crippen LogP) is -17.1. The minimum Gasteiger partial charge on any atom is -0.672 e. The van der Waals surface area contributed by atoms with Gasteiger partial charge in [-0.3, -0.25) is 0 Å². The Hall–Kier alpha value is 1.73. The molecule has 0 unspecified atom stereocenters. The van der Waals surface area contributed by atoms with Crippen molar-refractivity contribution in [3.8, 4) is 0 Å². The first kappa shape index (κ1) is 63.2. The number of hydrogen-bond donors (Lipinski definition) is 0. The normalized spacial score (nSPS) is 4.80. The Bertz CT molecular complexity index is 227. The van der Waals surface area contributed by atoms with Gasteiger partial charge in [-0.1, -0.05) is 0 Å². The van der Waals surface area contributed by atoms with Crippen LogP contribution < -0.4 is 48.0 Å². The molecule has 0 saturated carbocycles. The van der Waals surface area contributed by atoms with Crippen LogP contribution in [0.25, 0.3) is 0 Å². The predicted molar refractivity (Wildman–Crippen MR) is 65.2 cm³/mol. The average molecular weight is 528 g/mol. The van der Waals surface area contributed by atoms with Crippen LogP contribution in [0.5, 0.6) is 0 Å². The summed E-state index contributed by atoms with van der Waals surface area (Å²) in [5, 5.41) is 0. The van der Waals surface area contributed by atoms with Crippen LogP contribution in [0, 0.1) is 0 Å². The van der Waals surface area contributed by atoms with Crippen LogP contribution in [-0.4, -0.2) is 164 Å². The number of rotatable bonds is 0. The van der Waals surface area contributed by atoms with E-state index in [1.54, 1.807) is 0 Å². The molecule has 0 heterocycles. The third-order valence-electron chi connectivity index (χ3n) is 0. The van der Waals surface area contributed by atoms with Gasteiger partial charge in [-0.25, -0.2) is 0 Å². The summed E-state index contributed by atoms with van der Waals surface area (Å²) < 4.78 is 42.6. The van der Waals surface area contributed by atoms with Crippen molar-refractivity contribution in [1.82, 2.24) is 0 Å². The van der Waals surface area contributed by atoms with Crippen molar-refractivity contribution in [2.45, 2.75) is 0 Å². The van der Waals surface area contributed by atoms with Crippen LogP contribution in [0.1, 0.15) is 0 Å². The first-order chi connectivity index (χ1) is 8.66. The molecule has 0 aliphatic heterocycles. The Kier molecular flexibility index (Phi) is 142. The van der Waals surface area contributed by atoms with E-state index < -0.39 is 45.9 Å². The monoisotopic (exact) mass is 528 g/mol. The van der Waals surface area contributed by atoms with Gasteiger partial charge >= 0.3 is 110 Å². The molecule has 0 radical (unpaired) electrons. The summed E-state index contributed by atoms with van der Waals surface area (Å²) in [5.74, 6) is 0. The zero-order chi connectivity index (χ0) is 17.9. The standard InChI is InChI=1S/2Al.BH3.2Ca.5O3Si/c;;;;;5*1-4(2)3/h;;1H3;;;;;;;/q2*+3;;2*+2;5*-2. The SMILES string of the molecule is B.O=[Si]([O-])[O-].O=[Si]([O-])[O-].O=[Si]([O-])[O-].O=[Si]([O-])[O-].O=[Si]([O-])[O-].[Al+3].[Al+3].[Ca+2].[Ca+2]. The largest absolute Gasteiger partial charge is 3.00 e. The summed E-state index contributed by atoms with van der Waals surface area (Å²) in [5.41, 5.74) is 0. The molecule has 126 valence electrons. The van der Waals surface area contributed by atoms with Crippen LogP contribution in [0.2, 0.25) is 0 Å². The van der Waals surface area contributed by atoms with Crippen molar-refractivity contribution in [2.75, 3.05) is 0 Å². The third kappa shape index (κ3) is 4820. The molecule has 0 atom stereocenters. The molecule has 15 nitrogen and oxygen atoms in total. The van der Waals surface area contributed by atoms with E-state index in [0.29, 0.717) is 0 Å². The van der Waals surface area contributed by atoms with Gasteiger partial charge in [-0.2, -0.15) is 0 Å². The van der Waals surface area contributed by atoms with E-state index in [2.05, 4.69) is 0 Å². The third-order valence-corrected chi connectivity index (χ3v) is 0. The molecule has 0 saturated heterocycles. The first-order valence-electron chi connectivity index (χ1n) is 3.06. The summed E-state index contributed by atoms with van der Waals surface area (Å²) in [6, 6.07) is 0. The summed E-state index contributed by atoms with van der Waals surface area (Å²) in [7, 11) is -18.1. The van der Waals surface area contributed by atoms with Crippen molar-refractivity contribution in [3.05, 3.63) is 0 Å². The van der Waals surface area contributed by atoms with E-state index in [-0.39, 0.29) is 119 Å². The molecule has 0 rings (SSSR count). The quantitative estimate of drug-likeness (QED) is 0.263. The van der Waals surface area contributed by atoms with Crippen molar-refractivity contribution < 1.29 is 70.3 Å². The molecule has 0 amide bonds. The fraction of sp³-hybridized carbons (Fsp3) is 0. The second-order valence-corrected chi connectivity index (χ2v) is 3.75. The molecule has 25 heavy (non-hydrogen) atoms. The molecule has 0 spiro atoms. The molecule has 0 aromatic heterocycles. The molecule has 0 aliphatic carbocycles. The minimum absolute atomic E-state index is 0. The van der Waals surface area contributed by atoms with Gasteiger partial charge in [0.1, 0.15) is 0 Å². The van der Waals surface area contributed by atoms with Gasteiger partial charge in [0.2, 0.25) is 0 Å². The van der Waals surface area contributed by atoms with Crippen LogP contribution in [0.15, 0.2) is 0 Å². The summed E-state index contributed by atoms with van der Waals surface area (Å²) in [6.45, 7) is 0. The molecule has 0 aromatic carbocycles. The van der Waals surface area contributed by atoms with Gasteiger partial charge in [0.25, 0.3) is 0 Å². The van der Waals surface area contributed by atoms with Crippen LogP contribution in [0.4, 0.5) is 0 Å². The molecule has 0 aliphatic rings. The fourth-order valence-electron chi connectivity index (χ4n) is 0. The van der Waals surface area contributed by atoms with Crippen molar-refractivity contribution in [1.29, 1.82) is 0 Å². The molecule has 0 aromatic rings. The van der Waals surface area contributed by atoms with Crippen LogP contribution in [0.3, 0.4) is 0 Å². The summed E-state index contributed by atoms with van der Waals surface area (Å²) in [4.78, 5) is 85.2. The summed E-state index contributed by atoms with van der Waals surface area (Å²) >= 11 is 0. The minimum atomic E-state index is -3.63. The van der Waals surface area contributed by atoms with E-state index in [1.807, 2.05) is 0 Å². The maximum Gasteiger partial charge on any atom is 3.00 e. The number of hydrogen-bond acceptors (Lipinski definition) is 15. The fourth-order valence-corrected chi connectivity index (χ4v) is 0. The molecular formula is H3Al2BCa2O15Si5. The van der Waals surface area contributed by atoms with Crippen LogP contribution >= 0.6 is 0 Å². The molecular weight excluding hydrogens is 525 g/mol. The van der Waals surface area contributed by atoms with Crippen LogP contribution in [-0.2, 0) is 22.3 Å². The second kappa shape index (κ2) is 56.2. The molecule has 25 heteroatoms. The van der Waals surface area contributed by atoms with Gasteiger partial charge in [0.15, 0.2) is 0 Å². The first-order valence-corrected chi connectivity index (χ1v) is 9.19. The van der Waals surface area contributed by atoms with Gasteiger partial charge < -0.3 is 70.3 Å². The molecule has 0 bridgehead atoms. The van der Waals surface area contributed by atoms with Gasteiger partial charge in [0.05, 0.1) is 8.41 Å². The van der Waals surface area contributed by atoms with Crippen molar-refractivity contribution in [2.24, 2.45) is 0 Å². The smallest absolute Gasteiger partial charge is 0.672 e. The zero-order valence-electron chi connectivity index (χ0n) is 11.2. The van der Waals surface area contributed by atoms with E-state index in [0.717, 1.165) is 0 Å². The average Bonchev–Trinajstić information content (AvgIpc) is 1.94. The Labute approximate surface area is 231 Å². The van der Waals surface area contributed by atoms with E-state index in [9.17, 15) is 0 Å². The van der Waals surface area contributed by atoms with Crippen molar-refractivity contribution >= 4 is 164 Å². The Morgan fingerprint density at radius 2 is 0.360 bits per heavy atom. The van der Waals surface area contributed by atoms with E-state index >= 15 is 0 Å². The Balaban J connectivity index is -0.0000000134. The molecule has 0 N–H and O–H groups in total. The Morgan fingerprint density at radius 3 is 0.360 bits per heavy atom.